The Morgan fingerprint density at radius 3 is 2.72 bits per heavy atom. The summed E-state index contributed by atoms with van der Waals surface area (Å²) in [4.78, 5) is 13.1. The first-order valence-electron chi connectivity index (χ1n) is 5.75. The fourth-order valence-corrected chi connectivity index (χ4v) is 2.80. The lowest BCUT2D eigenvalue weighted by Crippen LogP contribution is -2.26. The average Bonchev–Trinajstić information content (AvgIpc) is 2.75. The first-order chi connectivity index (χ1) is 8.66. The summed E-state index contributed by atoms with van der Waals surface area (Å²) in [6.07, 6.45) is 0.814. The van der Waals surface area contributed by atoms with Crippen molar-refractivity contribution in [1.29, 1.82) is 0 Å². The molecule has 0 aliphatic heterocycles. The lowest BCUT2D eigenvalue weighted by Gasteiger charge is -2.06. The van der Waals surface area contributed by atoms with Crippen LogP contribution in [0.4, 0.5) is 0 Å². The number of carbonyl (C=O) groups is 1. The second kappa shape index (κ2) is 6.03. The fourth-order valence-electron chi connectivity index (χ4n) is 1.71. The quantitative estimate of drug-likeness (QED) is 0.909. The summed E-state index contributed by atoms with van der Waals surface area (Å²) in [6, 6.07) is 11.5. The predicted molar refractivity (Wildman–Crippen MR) is 76.5 cm³/mol. The monoisotopic (exact) mass is 279 g/mol. The molecule has 0 aliphatic rings. The van der Waals surface area contributed by atoms with Crippen molar-refractivity contribution in [1.82, 2.24) is 5.32 Å². The van der Waals surface area contributed by atoms with Crippen LogP contribution in [-0.4, -0.2) is 12.5 Å². The normalized spacial score (nSPS) is 10.3. The fraction of sp³-hybridized carbons (Fsp3) is 0.214. The third-order valence-corrected chi connectivity index (χ3v) is 3.97. The third-order valence-electron chi connectivity index (χ3n) is 2.68. The molecule has 1 aromatic heterocycles. The highest BCUT2D eigenvalue weighted by atomic mass is 35.5. The second-order valence-electron chi connectivity index (χ2n) is 4.03. The molecule has 0 fully saturated rings. The zero-order chi connectivity index (χ0) is 13.0. The molecule has 18 heavy (non-hydrogen) atoms. The molecule has 2 nitrogen and oxygen atoms in total. The van der Waals surface area contributed by atoms with E-state index in [4.69, 9.17) is 11.6 Å². The molecule has 1 aromatic carbocycles. The van der Waals surface area contributed by atoms with Crippen molar-refractivity contribution in [2.75, 3.05) is 6.54 Å². The van der Waals surface area contributed by atoms with E-state index in [0.29, 0.717) is 6.54 Å². The van der Waals surface area contributed by atoms with Gasteiger partial charge in [-0.05, 0) is 37.1 Å². The molecule has 2 aromatic rings. The van der Waals surface area contributed by atoms with Gasteiger partial charge in [0.1, 0.15) is 0 Å². The summed E-state index contributed by atoms with van der Waals surface area (Å²) < 4.78 is 0.787. The molecule has 2 rings (SSSR count). The molecule has 1 amide bonds. The van der Waals surface area contributed by atoms with Crippen LogP contribution in [0.5, 0.6) is 0 Å². The minimum atomic E-state index is -0.0178. The van der Waals surface area contributed by atoms with Crippen molar-refractivity contribution in [2.45, 2.75) is 13.3 Å². The zero-order valence-corrected chi connectivity index (χ0v) is 11.6. The molecule has 1 heterocycles. The van der Waals surface area contributed by atoms with Crippen molar-refractivity contribution in [3.05, 3.63) is 56.7 Å². The molecule has 1 N–H and O–H groups in total. The lowest BCUT2D eigenvalue weighted by molar-refractivity contribution is 0.0953. The van der Waals surface area contributed by atoms with Gasteiger partial charge >= 0.3 is 0 Å². The molecule has 4 heteroatoms. The summed E-state index contributed by atoms with van der Waals surface area (Å²) in [5.74, 6) is -0.0178. The standard InChI is InChI=1S/C14H14ClNOS/c1-10-4-2-3-5-12(10)14(17)16-9-8-11-6-7-13(15)18-11/h2-7H,8-9H2,1H3,(H,16,17). The van der Waals surface area contributed by atoms with Gasteiger partial charge in [0.2, 0.25) is 0 Å². The van der Waals surface area contributed by atoms with Crippen LogP contribution in [0.2, 0.25) is 4.34 Å². The van der Waals surface area contributed by atoms with E-state index < -0.39 is 0 Å². The Labute approximate surface area is 116 Å². The van der Waals surface area contributed by atoms with E-state index in [-0.39, 0.29) is 5.91 Å². The number of aryl methyl sites for hydroxylation is 1. The smallest absolute Gasteiger partial charge is 0.251 e. The number of benzene rings is 1. The number of nitrogens with one attached hydrogen (secondary N) is 1. The van der Waals surface area contributed by atoms with Crippen molar-refractivity contribution in [3.8, 4) is 0 Å². The summed E-state index contributed by atoms with van der Waals surface area (Å²) in [7, 11) is 0. The van der Waals surface area contributed by atoms with Gasteiger partial charge in [-0.15, -0.1) is 11.3 Å². The number of amides is 1. The van der Waals surface area contributed by atoms with E-state index in [1.807, 2.05) is 43.3 Å². The van der Waals surface area contributed by atoms with Crippen LogP contribution in [-0.2, 0) is 6.42 Å². The van der Waals surface area contributed by atoms with Crippen molar-refractivity contribution in [2.24, 2.45) is 0 Å². The molecular formula is C14H14ClNOS. The topological polar surface area (TPSA) is 29.1 Å². The maximum atomic E-state index is 11.9. The Morgan fingerprint density at radius 2 is 2.06 bits per heavy atom. The first-order valence-corrected chi connectivity index (χ1v) is 6.94. The number of hydrogen-bond acceptors (Lipinski definition) is 2. The zero-order valence-electron chi connectivity index (χ0n) is 10.1. The summed E-state index contributed by atoms with van der Waals surface area (Å²) in [5.41, 5.74) is 1.73. The average molecular weight is 280 g/mol. The molecule has 0 unspecified atom stereocenters. The Bertz CT molecular complexity index is 550. The minimum absolute atomic E-state index is 0.0178. The number of hydrogen-bond donors (Lipinski definition) is 1. The molecule has 0 atom stereocenters. The van der Waals surface area contributed by atoms with Gasteiger partial charge in [0.05, 0.1) is 4.34 Å². The van der Waals surface area contributed by atoms with Crippen molar-refractivity contribution in [3.63, 3.8) is 0 Å². The van der Waals surface area contributed by atoms with Crippen LogP contribution in [0, 0.1) is 6.92 Å². The maximum absolute atomic E-state index is 11.9. The van der Waals surface area contributed by atoms with Crippen LogP contribution in [0.1, 0.15) is 20.8 Å². The van der Waals surface area contributed by atoms with E-state index in [9.17, 15) is 4.79 Å². The maximum Gasteiger partial charge on any atom is 0.251 e. The Balaban J connectivity index is 1.87. The van der Waals surface area contributed by atoms with E-state index in [2.05, 4.69) is 5.32 Å². The van der Waals surface area contributed by atoms with E-state index >= 15 is 0 Å². The van der Waals surface area contributed by atoms with Gasteiger partial charge in [-0.3, -0.25) is 4.79 Å². The number of carbonyl (C=O) groups excluding carboxylic acids is 1. The molecule has 0 spiro atoms. The molecule has 0 saturated heterocycles. The molecule has 94 valence electrons. The number of rotatable bonds is 4. The first kappa shape index (κ1) is 13.1. The summed E-state index contributed by atoms with van der Waals surface area (Å²) in [5, 5.41) is 2.92. The van der Waals surface area contributed by atoms with Gasteiger partial charge in [-0.2, -0.15) is 0 Å². The van der Waals surface area contributed by atoms with E-state index in [1.54, 1.807) is 11.3 Å². The van der Waals surface area contributed by atoms with E-state index in [1.165, 1.54) is 4.88 Å². The minimum Gasteiger partial charge on any atom is -0.352 e. The van der Waals surface area contributed by atoms with Gasteiger partial charge in [0, 0.05) is 17.0 Å². The highest BCUT2D eigenvalue weighted by Gasteiger charge is 2.07. The number of thiophene rings is 1. The van der Waals surface area contributed by atoms with Gasteiger partial charge in [-0.1, -0.05) is 29.8 Å². The third kappa shape index (κ3) is 3.34. The lowest BCUT2D eigenvalue weighted by atomic mass is 10.1. The summed E-state index contributed by atoms with van der Waals surface area (Å²) in [6.45, 7) is 2.57. The Kier molecular flexibility index (Phi) is 4.39. The Hall–Kier alpha value is -1.32. The molecule has 0 bridgehead atoms. The van der Waals surface area contributed by atoms with E-state index in [0.717, 1.165) is 21.9 Å². The second-order valence-corrected chi connectivity index (χ2v) is 5.83. The van der Waals surface area contributed by atoms with Crippen LogP contribution in [0.3, 0.4) is 0 Å². The molecular weight excluding hydrogens is 266 g/mol. The largest absolute Gasteiger partial charge is 0.352 e. The molecule has 0 radical (unpaired) electrons. The van der Waals surface area contributed by atoms with Crippen molar-refractivity contribution >= 4 is 28.8 Å². The van der Waals surface area contributed by atoms with Crippen LogP contribution in [0.15, 0.2) is 36.4 Å². The van der Waals surface area contributed by atoms with Gasteiger partial charge < -0.3 is 5.32 Å². The van der Waals surface area contributed by atoms with Gasteiger partial charge in [-0.25, -0.2) is 0 Å². The summed E-state index contributed by atoms with van der Waals surface area (Å²) >= 11 is 7.40. The van der Waals surface area contributed by atoms with Gasteiger partial charge in [0.15, 0.2) is 0 Å². The highest BCUT2D eigenvalue weighted by molar-refractivity contribution is 7.16. The predicted octanol–water partition coefficient (Wildman–Crippen LogP) is 3.68. The SMILES string of the molecule is Cc1ccccc1C(=O)NCCc1ccc(Cl)s1. The van der Waals surface area contributed by atoms with Crippen LogP contribution < -0.4 is 5.32 Å². The van der Waals surface area contributed by atoms with Crippen LogP contribution in [0.25, 0.3) is 0 Å². The molecule has 0 aliphatic carbocycles. The number of halogens is 1. The van der Waals surface area contributed by atoms with Crippen LogP contribution >= 0.6 is 22.9 Å². The highest BCUT2D eigenvalue weighted by Crippen LogP contribution is 2.21. The van der Waals surface area contributed by atoms with Crippen molar-refractivity contribution < 1.29 is 4.79 Å². The van der Waals surface area contributed by atoms with Gasteiger partial charge in [0.25, 0.3) is 5.91 Å². The molecule has 0 saturated carbocycles. The Morgan fingerprint density at radius 1 is 1.28 bits per heavy atom.